The summed E-state index contributed by atoms with van der Waals surface area (Å²) in [6.07, 6.45) is 0.00410. The van der Waals surface area contributed by atoms with Crippen LogP contribution in [-0.2, 0) is 10.0 Å². The number of hydrogen-bond acceptors (Lipinski definition) is 5. The summed E-state index contributed by atoms with van der Waals surface area (Å²) in [4.78, 5) is 10.8. The number of rotatable bonds is 6. The predicted octanol–water partition coefficient (Wildman–Crippen LogP) is 5.17. The van der Waals surface area contributed by atoms with Gasteiger partial charge in [-0.15, -0.1) is 0 Å². The quantitative estimate of drug-likeness (QED) is 0.487. The zero-order valence-corrected chi connectivity index (χ0v) is 19.4. The average Bonchev–Trinajstić information content (AvgIpc) is 3.23. The predicted molar refractivity (Wildman–Crippen MR) is 121 cm³/mol. The number of benzene rings is 1. The molecular weight excluding hydrogens is 453 g/mol. The van der Waals surface area contributed by atoms with Crippen molar-refractivity contribution in [2.24, 2.45) is 11.8 Å². The number of nitrogens with zero attached hydrogens (tertiary/aromatic N) is 4. The van der Waals surface area contributed by atoms with E-state index in [1.807, 2.05) is 18.7 Å². The molecule has 0 radical (unpaired) electrons. The molecule has 0 atom stereocenters. The molecule has 0 unspecified atom stereocenters. The fourth-order valence-corrected chi connectivity index (χ4v) is 5.84. The Morgan fingerprint density at radius 2 is 1.73 bits per heavy atom. The van der Waals surface area contributed by atoms with E-state index in [2.05, 4.69) is 9.97 Å². The number of aryl methyl sites for hydroxylation is 1. The van der Waals surface area contributed by atoms with Gasteiger partial charge in [0.25, 0.3) is 10.0 Å². The summed E-state index contributed by atoms with van der Waals surface area (Å²) >= 11 is 0. The fourth-order valence-electron chi connectivity index (χ4n) is 4.53. The Balaban J connectivity index is 1.60. The van der Waals surface area contributed by atoms with E-state index in [1.165, 1.54) is 12.5 Å². The minimum absolute atomic E-state index is 0.131. The zero-order valence-electron chi connectivity index (χ0n) is 18.6. The highest BCUT2D eigenvalue weighted by Crippen LogP contribution is 2.40. The van der Waals surface area contributed by atoms with Crippen molar-refractivity contribution in [2.75, 3.05) is 18.0 Å². The molecule has 178 valence electrons. The summed E-state index contributed by atoms with van der Waals surface area (Å²) < 4.78 is 66.5. The van der Waals surface area contributed by atoms with Crippen molar-refractivity contribution in [2.45, 2.75) is 50.6 Å². The number of halogens is 3. The molecule has 1 aromatic carbocycles. The van der Waals surface area contributed by atoms with E-state index < -0.39 is 22.1 Å². The molecule has 1 fully saturated rings. The largest absolute Gasteiger partial charge is 0.391 e. The van der Waals surface area contributed by atoms with Gasteiger partial charge in [0.1, 0.15) is 12.1 Å². The number of hydrogen-bond donors (Lipinski definition) is 0. The lowest BCUT2D eigenvalue weighted by molar-refractivity contribution is -0.183. The highest BCUT2D eigenvalue weighted by molar-refractivity contribution is 7.90. The van der Waals surface area contributed by atoms with Crippen LogP contribution in [0.3, 0.4) is 0 Å². The molecule has 1 aliphatic carbocycles. The summed E-state index contributed by atoms with van der Waals surface area (Å²) in [6, 6.07) is 8.29. The third-order valence-corrected chi connectivity index (χ3v) is 8.15. The van der Waals surface area contributed by atoms with E-state index >= 15 is 0 Å². The van der Waals surface area contributed by atoms with Crippen molar-refractivity contribution in [3.63, 3.8) is 0 Å². The van der Waals surface area contributed by atoms with Crippen LogP contribution in [-0.4, -0.2) is 41.6 Å². The molecule has 4 rings (SSSR count). The molecule has 0 N–H and O–H groups in total. The van der Waals surface area contributed by atoms with Gasteiger partial charge in [-0.25, -0.2) is 22.4 Å². The lowest BCUT2D eigenvalue weighted by Gasteiger charge is -2.33. The lowest BCUT2D eigenvalue weighted by atomic mass is 9.81. The normalized spacial score (nSPS) is 19.7. The Bertz CT molecular complexity index is 1210. The maximum absolute atomic E-state index is 13.2. The third-order valence-electron chi connectivity index (χ3n) is 6.47. The third kappa shape index (κ3) is 4.71. The molecule has 2 aromatic heterocycles. The summed E-state index contributed by atoms with van der Waals surface area (Å²) in [5.41, 5.74) is 1.23. The van der Waals surface area contributed by atoms with Gasteiger partial charge >= 0.3 is 6.18 Å². The van der Waals surface area contributed by atoms with Crippen LogP contribution in [0.5, 0.6) is 0 Å². The van der Waals surface area contributed by atoms with Gasteiger partial charge in [0, 0.05) is 19.3 Å². The number of fused-ring (bicyclic) bond motifs is 1. The zero-order chi connectivity index (χ0) is 23.8. The summed E-state index contributed by atoms with van der Waals surface area (Å²) in [5.74, 6) is -0.485. The second kappa shape index (κ2) is 8.96. The Morgan fingerprint density at radius 3 is 2.33 bits per heavy atom. The van der Waals surface area contributed by atoms with Crippen molar-refractivity contribution in [1.82, 2.24) is 13.9 Å². The van der Waals surface area contributed by atoms with E-state index in [4.69, 9.17) is 0 Å². The van der Waals surface area contributed by atoms with Crippen LogP contribution < -0.4 is 4.90 Å². The van der Waals surface area contributed by atoms with Crippen molar-refractivity contribution in [1.29, 1.82) is 0 Å². The van der Waals surface area contributed by atoms with Gasteiger partial charge in [-0.3, -0.25) is 0 Å². The molecule has 33 heavy (non-hydrogen) atoms. The Hall–Kier alpha value is -2.62. The van der Waals surface area contributed by atoms with Crippen LogP contribution in [0.4, 0.5) is 19.0 Å². The van der Waals surface area contributed by atoms with Crippen LogP contribution in [0.15, 0.2) is 47.8 Å². The van der Waals surface area contributed by atoms with Crippen molar-refractivity contribution < 1.29 is 21.6 Å². The molecule has 3 aromatic rings. The SMILES string of the molecule is CCN(CC1CCC(C(F)(F)F)CC1)c1ncnc2c1ccn2S(=O)(=O)c1ccc(C)cc1. The maximum Gasteiger partial charge on any atom is 0.391 e. The second-order valence-corrected chi connectivity index (χ2v) is 10.5. The maximum atomic E-state index is 13.2. The second-order valence-electron chi connectivity index (χ2n) is 8.66. The van der Waals surface area contributed by atoms with Crippen molar-refractivity contribution in [3.05, 3.63) is 48.4 Å². The molecule has 1 aliphatic rings. The first kappa shape index (κ1) is 23.5. The number of anilines is 1. The molecular formula is C23H27F3N4O2S. The standard InChI is InChI=1S/C23H27F3N4O2S/c1-3-29(14-17-6-8-18(9-7-17)23(24,25)26)21-20-12-13-30(22(20)28-15-27-21)33(31,32)19-10-4-16(2)5-11-19/h4-5,10-13,15,17-18H,3,6-9,14H2,1-2H3. The Morgan fingerprint density at radius 1 is 1.06 bits per heavy atom. The van der Waals surface area contributed by atoms with Crippen molar-refractivity contribution >= 4 is 26.9 Å². The van der Waals surface area contributed by atoms with Crippen LogP contribution in [0.2, 0.25) is 0 Å². The topological polar surface area (TPSA) is 68.1 Å². The van der Waals surface area contributed by atoms with Crippen LogP contribution >= 0.6 is 0 Å². The molecule has 10 heteroatoms. The Labute approximate surface area is 191 Å². The molecule has 6 nitrogen and oxygen atoms in total. The molecule has 0 amide bonds. The minimum atomic E-state index is -4.12. The fraction of sp³-hybridized carbons (Fsp3) is 0.478. The van der Waals surface area contributed by atoms with Gasteiger partial charge in [0.05, 0.1) is 16.2 Å². The van der Waals surface area contributed by atoms with Crippen LogP contribution in [0, 0.1) is 18.8 Å². The van der Waals surface area contributed by atoms with Gasteiger partial charge in [-0.2, -0.15) is 13.2 Å². The van der Waals surface area contributed by atoms with E-state index in [-0.39, 0.29) is 29.3 Å². The Kier molecular flexibility index (Phi) is 6.39. The number of alkyl halides is 3. The first-order chi connectivity index (χ1) is 15.6. The summed E-state index contributed by atoms with van der Waals surface area (Å²) in [5, 5.41) is 0.596. The number of aromatic nitrogens is 3. The van der Waals surface area contributed by atoms with Gasteiger partial charge in [-0.1, -0.05) is 17.7 Å². The molecule has 0 saturated heterocycles. The van der Waals surface area contributed by atoms with Gasteiger partial charge < -0.3 is 4.90 Å². The van der Waals surface area contributed by atoms with Crippen molar-refractivity contribution in [3.8, 4) is 0 Å². The summed E-state index contributed by atoms with van der Waals surface area (Å²) in [6.45, 7) is 5.01. The van der Waals surface area contributed by atoms with Gasteiger partial charge in [0.15, 0.2) is 5.65 Å². The highest BCUT2D eigenvalue weighted by atomic mass is 32.2. The highest BCUT2D eigenvalue weighted by Gasteiger charge is 2.41. The van der Waals surface area contributed by atoms with Gasteiger partial charge in [0.2, 0.25) is 0 Å². The van der Waals surface area contributed by atoms with Crippen LogP contribution in [0.25, 0.3) is 11.0 Å². The first-order valence-corrected chi connectivity index (χ1v) is 12.5. The van der Waals surface area contributed by atoms with Crippen LogP contribution in [0.1, 0.15) is 38.2 Å². The van der Waals surface area contributed by atoms with E-state index in [0.717, 1.165) is 9.54 Å². The average molecular weight is 481 g/mol. The van der Waals surface area contributed by atoms with E-state index in [1.54, 1.807) is 30.3 Å². The first-order valence-electron chi connectivity index (χ1n) is 11.1. The smallest absolute Gasteiger partial charge is 0.356 e. The molecule has 0 bridgehead atoms. The van der Waals surface area contributed by atoms with E-state index in [9.17, 15) is 21.6 Å². The summed E-state index contributed by atoms with van der Waals surface area (Å²) in [7, 11) is -3.83. The lowest BCUT2D eigenvalue weighted by Crippen LogP contribution is -2.34. The monoisotopic (exact) mass is 480 g/mol. The molecule has 1 saturated carbocycles. The molecule has 2 heterocycles. The van der Waals surface area contributed by atoms with Gasteiger partial charge in [-0.05, 0) is 63.6 Å². The van der Waals surface area contributed by atoms with E-state index in [0.29, 0.717) is 37.1 Å². The molecule has 0 aliphatic heterocycles. The minimum Gasteiger partial charge on any atom is -0.356 e. The molecule has 0 spiro atoms.